The Morgan fingerprint density at radius 2 is 1.77 bits per heavy atom. The van der Waals surface area contributed by atoms with Gasteiger partial charge in [-0.3, -0.25) is 19.2 Å². The Labute approximate surface area is 239 Å². The van der Waals surface area contributed by atoms with Gasteiger partial charge in [0.05, 0.1) is 29.5 Å². The second kappa shape index (κ2) is 12.5. The molecule has 1 amide bonds. The van der Waals surface area contributed by atoms with Crippen LogP contribution < -0.4 is 27.5 Å². The molecule has 0 radical (unpaired) electrons. The maximum absolute atomic E-state index is 13.4. The van der Waals surface area contributed by atoms with Gasteiger partial charge in [0.15, 0.2) is 0 Å². The zero-order valence-corrected chi connectivity index (χ0v) is 22.4. The summed E-state index contributed by atoms with van der Waals surface area (Å²) >= 11 is 12.0. The van der Waals surface area contributed by atoms with Crippen molar-refractivity contribution in [2.75, 3.05) is 10.3 Å². The molecule has 0 saturated carbocycles. The van der Waals surface area contributed by atoms with Gasteiger partial charge in [-0.05, 0) is 48.0 Å². The first-order valence-electron chi connectivity index (χ1n) is 11.9. The number of carboxylic acid groups (broad SMARTS) is 1. The predicted molar refractivity (Wildman–Crippen MR) is 155 cm³/mol. The Morgan fingerprint density at radius 3 is 2.40 bits per heavy atom. The number of hydrazine groups is 1. The lowest BCUT2D eigenvalue weighted by atomic mass is 10.0. The average Bonchev–Trinajstić information content (AvgIpc) is 2.92. The Hall–Kier alpha value is -4.64. The zero-order valence-electron chi connectivity index (χ0n) is 20.9. The molecular weight excluding hydrogens is 555 g/mol. The molecule has 10 nitrogen and oxygen atoms in total. The molecule has 40 heavy (non-hydrogen) atoms. The van der Waals surface area contributed by atoms with Crippen LogP contribution in [0.3, 0.4) is 0 Å². The van der Waals surface area contributed by atoms with Gasteiger partial charge in [-0.25, -0.2) is 15.6 Å². The quantitative estimate of drug-likeness (QED) is 0.129. The lowest BCUT2D eigenvalue weighted by Gasteiger charge is -2.21. The third-order valence-electron chi connectivity index (χ3n) is 5.92. The highest BCUT2D eigenvalue weighted by molar-refractivity contribution is 6.31. The second-order valence-corrected chi connectivity index (χ2v) is 9.55. The molecule has 4 aromatic rings. The molecule has 0 aliphatic heterocycles. The number of halogens is 2. The second-order valence-electron chi connectivity index (χ2n) is 8.68. The maximum atomic E-state index is 13.4. The molecule has 6 N–H and O–H groups in total. The number of anilines is 2. The highest BCUT2D eigenvalue weighted by Gasteiger charge is 2.24. The molecule has 1 atom stereocenters. The minimum atomic E-state index is -1.08. The van der Waals surface area contributed by atoms with Crippen molar-refractivity contribution in [2.45, 2.75) is 12.5 Å². The minimum Gasteiger partial charge on any atom is -0.478 e. The first-order valence-corrected chi connectivity index (χ1v) is 12.6. The lowest BCUT2D eigenvalue weighted by molar-refractivity contribution is -0.119. The monoisotopic (exact) mass is 578 g/mol. The van der Waals surface area contributed by atoms with Crippen LogP contribution in [-0.4, -0.2) is 26.5 Å². The Kier molecular flexibility index (Phi) is 8.85. The molecular formula is C28H24Cl2N6O4. The van der Waals surface area contributed by atoms with Crippen molar-refractivity contribution in [1.82, 2.24) is 9.55 Å². The number of benzene rings is 3. The first kappa shape index (κ1) is 28.4. The normalized spacial score (nSPS) is 12.0. The van der Waals surface area contributed by atoms with Crippen molar-refractivity contribution in [3.8, 4) is 11.3 Å². The third kappa shape index (κ3) is 6.86. The van der Waals surface area contributed by atoms with E-state index in [1.807, 2.05) is 30.3 Å². The molecule has 0 saturated heterocycles. The Balaban J connectivity index is 1.71. The molecule has 3 aromatic carbocycles. The number of carbonyl (C=O) groups is 2. The minimum absolute atomic E-state index is 0.0563. The van der Waals surface area contributed by atoms with E-state index in [1.54, 1.807) is 18.2 Å². The van der Waals surface area contributed by atoms with Crippen molar-refractivity contribution >= 4 is 46.5 Å². The SMILES string of the molecule is N/C(Cl)=C\N(N)c1ccc(Cl)cc1-c1cc(=O)n(C(Cc2ccccc2)C(=O)Nc2ccc(C(=O)O)cc2)cn1. The van der Waals surface area contributed by atoms with Gasteiger partial charge in [0.1, 0.15) is 11.2 Å². The van der Waals surface area contributed by atoms with Crippen LogP contribution in [0.5, 0.6) is 0 Å². The van der Waals surface area contributed by atoms with E-state index in [4.69, 9.17) is 39.9 Å². The van der Waals surface area contributed by atoms with E-state index in [0.29, 0.717) is 22.0 Å². The zero-order chi connectivity index (χ0) is 28.8. The summed E-state index contributed by atoms with van der Waals surface area (Å²) in [7, 11) is 0. The molecule has 1 heterocycles. The number of aromatic carboxylic acids is 1. The Morgan fingerprint density at radius 1 is 1.07 bits per heavy atom. The molecule has 1 aromatic heterocycles. The Bertz CT molecular complexity index is 1620. The van der Waals surface area contributed by atoms with Gasteiger partial charge >= 0.3 is 5.97 Å². The summed E-state index contributed by atoms with van der Waals surface area (Å²) in [5, 5.41) is 13.4. The fraction of sp³-hybridized carbons (Fsp3) is 0.0714. The van der Waals surface area contributed by atoms with Crippen LogP contribution in [0.1, 0.15) is 22.0 Å². The summed E-state index contributed by atoms with van der Waals surface area (Å²) < 4.78 is 1.23. The van der Waals surface area contributed by atoms with E-state index in [0.717, 1.165) is 5.56 Å². The summed E-state index contributed by atoms with van der Waals surface area (Å²) in [5.41, 5.74) is 7.46. The summed E-state index contributed by atoms with van der Waals surface area (Å²) in [6.07, 6.45) is 2.77. The highest BCUT2D eigenvalue weighted by atomic mass is 35.5. The third-order valence-corrected chi connectivity index (χ3v) is 6.25. The number of hydrogen-bond acceptors (Lipinski definition) is 7. The molecule has 0 aliphatic carbocycles. The molecule has 204 valence electrons. The van der Waals surface area contributed by atoms with Crippen molar-refractivity contribution < 1.29 is 14.7 Å². The van der Waals surface area contributed by atoms with Gasteiger partial charge in [0.25, 0.3) is 5.56 Å². The average molecular weight is 579 g/mol. The summed E-state index contributed by atoms with van der Waals surface area (Å²) in [5.74, 6) is 4.51. The summed E-state index contributed by atoms with van der Waals surface area (Å²) in [6.45, 7) is 0. The largest absolute Gasteiger partial charge is 0.478 e. The number of amides is 1. The van der Waals surface area contributed by atoms with E-state index < -0.39 is 23.5 Å². The van der Waals surface area contributed by atoms with Crippen LogP contribution in [-0.2, 0) is 11.2 Å². The molecule has 1 unspecified atom stereocenters. The van der Waals surface area contributed by atoms with Crippen LogP contribution in [0.15, 0.2) is 101 Å². The van der Waals surface area contributed by atoms with Gasteiger partial charge in [-0.1, -0.05) is 53.5 Å². The van der Waals surface area contributed by atoms with Crippen LogP contribution in [0.25, 0.3) is 11.3 Å². The van der Waals surface area contributed by atoms with Gasteiger partial charge in [-0.15, -0.1) is 0 Å². The fourth-order valence-corrected chi connectivity index (χ4v) is 4.29. The fourth-order valence-electron chi connectivity index (χ4n) is 4.01. The number of hydrogen-bond donors (Lipinski definition) is 4. The van der Waals surface area contributed by atoms with Crippen molar-refractivity contribution in [1.29, 1.82) is 0 Å². The number of carboxylic acids is 1. The van der Waals surface area contributed by atoms with Gasteiger partial charge < -0.3 is 16.2 Å². The number of carbonyl (C=O) groups excluding carboxylic acids is 1. The topological polar surface area (TPSA) is 157 Å². The standard InChI is InChI=1S/C28H24Cl2N6O4/c29-19-8-11-23(36(32)15-25(30)31)21(13-19)22-14-26(37)35(16-33-22)24(12-17-4-2-1-3-5-17)27(38)34-20-9-6-18(7-10-20)28(39)40/h1-11,13-16,24H,12,31-32H2,(H,34,38)(H,39,40)/b25-15-. The summed E-state index contributed by atoms with van der Waals surface area (Å²) in [4.78, 5) is 42.5. The molecule has 0 spiro atoms. The van der Waals surface area contributed by atoms with Gasteiger partial charge in [0.2, 0.25) is 5.91 Å². The van der Waals surface area contributed by atoms with E-state index in [-0.39, 0.29) is 22.8 Å². The van der Waals surface area contributed by atoms with Gasteiger partial charge in [-0.2, -0.15) is 0 Å². The summed E-state index contributed by atoms with van der Waals surface area (Å²) in [6, 6.07) is 20.1. The van der Waals surface area contributed by atoms with Crippen LogP contribution in [0.4, 0.5) is 11.4 Å². The molecule has 12 heteroatoms. The number of nitrogens with zero attached hydrogens (tertiary/aromatic N) is 3. The van der Waals surface area contributed by atoms with Crippen molar-refractivity contribution in [3.05, 3.63) is 123 Å². The van der Waals surface area contributed by atoms with E-state index >= 15 is 0 Å². The van der Waals surface area contributed by atoms with Crippen LogP contribution >= 0.6 is 23.2 Å². The molecule has 0 bridgehead atoms. The van der Waals surface area contributed by atoms with Crippen molar-refractivity contribution in [3.63, 3.8) is 0 Å². The van der Waals surface area contributed by atoms with Gasteiger partial charge in [0, 0.05) is 28.8 Å². The molecule has 0 fully saturated rings. The molecule has 0 aliphatic rings. The highest BCUT2D eigenvalue weighted by Crippen LogP contribution is 2.31. The lowest BCUT2D eigenvalue weighted by Crippen LogP contribution is -2.34. The number of nitrogens with two attached hydrogens (primary N) is 2. The maximum Gasteiger partial charge on any atom is 0.335 e. The van der Waals surface area contributed by atoms with E-state index in [1.165, 1.54) is 52.4 Å². The van der Waals surface area contributed by atoms with Crippen LogP contribution in [0, 0.1) is 0 Å². The van der Waals surface area contributed by atoms with Crippen LogP contribution in [0.2, 0.25) is 5.02 Å². The smallest absolute Gasteiger partial charge is 0.335 e. The predicted octanol–water partition coefficient (Wildman–Crippen LogP) is 4.36. The number of nitrogens with one attached hydrogen (secondary N) is 1. The van der Waals surface area contributed by atoms with Crippen molar-refractivity contribution in [2.24, 2.45) is 11.6 Å². The number of aromatic nitrogens is 2. The first-order chi connectivity index (χ1) is 19.1. The molecule has 4 rings (SSSR count). The number of rotatable bonds is 9. The van der Waals surface area contributed by atoms with E-state index in [2.05, 4.69) is 10.3 Å². The van der Waals surface area contributed by atoms with E-state index in [9.17, 15) is 14.4 Å².